The first-order chi connectivity index (χ1) is 4.30. The van der Waals surface area contributed by atoms with Gasteiger partial charge in [0.15, 0.2) is 0 Å². The van der Waals surface area contributed by atoms with Crippen molar-refractivity contribution in [3.63, 3.8) is 0 Å². The maximum absolute atomic E-state index is 5.48. The van der Waals surface area contributed by atoms with Crippen molar-refractivity contribution in [1.29, 1.82) is 0 Å². The predicted molar refractivity (Wildman–Crippen MR) is 39.7 cm³/mol. The molecule has 52 valence electrons. The van der Waals surface area contributed by atoms with Crippen LogP contribution >= 0.6 is 11.6 Å². The van der Waals surface area contributed by atoms with E-state index in [1.807, 2.05) is 20.8 Å². The van der Waals surface area contributed by atoms with Crippen LogP contribution in [0, 0.1) is 6.92 Å². The van der Waals surface area contributed by atoms with Gasteiger partial charge in [0, 0.05) is 0 Å². The maximum Gasteiger partial charge on any atom is 0.149 e. The van der Waals surface area contributed by atoms with Crippen molar-refractivity contribution >= 4 is 11.6 Å². The molecule has 0 aliphatic rings. The van der Waals surface area contributed by atoms with Crippen molar-refractivity contribution in [2.24, 2.45) is 0 Å². The van der Waals surface area contributed by atoms with E-state index in [4.69, 9.17) is 11.6 Å². The van der Waals surface area contributed by atoms with Crippen LogP contribution in [0.25, 0.3) is 0 Å². The summed E-state index contributed by atoms with van der Waals surface area (Å²) in [6, 6.07) is 0. The molecule has 0 bridgehead atoms. The van der Waals surface area contributed by atoms with Crippen molar-refractivity contribution in [2.75, 3.05) is 0 Å². The Hall–Kier alpha value is -0.500. The molecule has 1 rings (SSSR count). The van der Waals surface area contributed by atoms with Crippen molar-refractivity contribution in [2.45, 2.75) is 20.8 Å². The average molecular weight is 147 g/mol. The second-order valence-electron chi connectivity index (χ2n) is 1.32. The van der Waals surface area contributed by atoms with Crippen LogP contribution in [-0.2, 0) is 0 Å². The minimum absolute atomic E-state index is 0.556. The zero-order valence-electron chi connectivity index (χ0n) is 5.90. The largest absolute Gasteiger partial charge is 0.347 e. The smallest absolute Gasteiger partial charge is 0.149 e. The SMILES string of the molecule is CC.Cc1[nH]cnc1Cl. The van der Waals surface area contributed by atoms with Gasteiger partial charge in [-0.15, -0.1) is 0 Å². The van der Waals surface area contributed by atoms with E-state index in [9.17, 15) is 0 Å². The molecule has 9 heavy (non-hydrogen) atoms. The van der Waals surface area contributed by atoms with Crippen LogP contribution in [0.1, 0.15) is 19.5 Å². The van der Waals surface area contributed by atoms with Gasteiger partial charge in [0.2, 0.25) is 0 Å². The molecule has 1 aromatic rings. The number of aromatic nitrogens is 2. The topological polar surface area (TPSA) is 28.7 Å². The summed E-state index contributed by atoms with van der Waals surface area (Å²) in [7, 11) is 0. The molecular weight excluding hydrogens is 136 g/mol. The molecule has 1 aromatic heterocycles. The molecule has 0 radical (unpaired) electrons. The molecule has 1 N–H and O–H groups in total. The van der Waals surface area contributed by atoms with Gasteiger partial charge in [0.25, 0.3) is 0 Å². The standard InChI is InChI=1S/C4H5ClN2.C2H6/c1-3-4(5)7-2-6-3;1-2/h2H,1H3,(H,6,7);1-2H3. The molecule has 0 unspecified atom stereocenters. The normalized spacial score (nSPS) is 8.00. The Morgan fingerprint density at radius 3 is 2.22 bits per heavy atom. The quantitative estimate of drug-likeness (QED) is 0.598. The number of hydrogen-bond donors (Lipinski definition) is 1. The Balaban J connectivity index is 0.000000291. The molecule has 0 aliphatic heterocycles. The van der Waals surface area contributed by atoms with Crippen LogP contribution in [0.2, 0.25) is 5.15 Å². The fourth-order valence-corrected chi connectivity index (χ4v) is 0.445. The van der Waals surface area contributed by atoms with Crippen molar-refractivity contribution < 1.29 is 0 Å². The summed E-state index contributed by atoms with van der Waals surface area (Å²) in [5.74, 6) is 0. The zero-order chi connectivity index (χ0) is 7.28. The van der Waals surface area contributed by atoms with Crippen LogP contribution in [0.15, 0.2) is 6.33 Å². The number of hydrogen-bond acceptors (Lipinski definition) is 1. The molecule has 0 amide bonds. The van der Waals surface area contributed by atoms with E-state index in [2.05, 4.69) is 9.97 Å². The first kappa shape index (κ1) is 8.50. The highest BCUT2D eigenvalue weighted by Crippen LogP contribution is 2.05. The fourth-order valence-electron chi connectivity index (χ4n) is 0.342. The zero-order valence-corrected chi connectivity index (χ0v) is 6.66. The highest BCUT2D eigenvalue weighted by Gasteiger charge is 1.90. The molecular formula is C6H11ClN2. The van der Waals surface area contributed by atoms with E-state index in [1.165, 1.54) is 0 Å². The number of nitrogens with zero attached hydrogens (tertiary/aromatic N) is 1. The number of H-pyrrole nitrogens is 1. The van der Waals surface area contributed by atoms with Crippen LogP contribution < -0.4 is 0 Å². The molecule has 2 nitrogen and oxygen atoms in total. The van der Waals surface area contributed by atoms with E-state index in [0.717, 1.165) is 5.69 Å². The Morgan fingerprint density at radius 1 is 1.56 bits per heavy atom. The molecule has 0 saturated heterocycles. The number of imidazole rings is 1. The van der Waals surface area contributed by atoms with Gasteiger partial charge in [-0.2, -0.15) is 0 Å². The van der Waals surface area contributed by atoms with Gasteiger partial charge in [-0.05, 0) is 6.92 Å². The lowest BCUT2D eigenvalue weighted by Gasteiger charge is -1.76. The number of rotatable bonds is 0. The van der Waals surface area contributed by atoms with Gasteiger partial charge >= 0.3 is 0 Å². The van der Waals surface area contributed by atoms with Crippen molar-refractivity contribution in [1.82, 2.24) is 9.97 Å². The summed E-state index contributed by atoms with van der Waals surface area (Å²) < 4.78 is 0. The van der Waals surface area contributed by atoms with Crippen LogP contribution in [0.5, 0.6) is 0 Å². The van der Waals surface area contributed by atoms with E-state index < -0.39 is 0 Å². The molecule has 1 heterocycles. The van der Waals surface area contributed by atoms with Crippen LogP contribution in [-0.4, -0.2) is 9.97 Å². The lowest BCUT2D eigenvalue weighted by Crippen LogP contribution is -1.65. The molecule has 0 atom stereocenters. The van der Waals surface area contributed by atoms with E-state index in [1.54, 1.807) is 6.33 Å². The average Bonchev–Trinajstić information content (AvgIpc) is 2.23. The third-order valence-electron chi connectivity index (χ3n) is 0.768. The van der Waals surface area contributed by atoms with Gasteiger partial charge in [0.1, 0.15) is 5.15 Å². The third kappa shape index (κ3) is 2.51. The highest BCUT2D eigenvalue weighted by molar-refractivity contribution is 6.29. The first-order valence-corrected chi connectivity index (χ1v) is 3.34. The molecule has 0 aliphatic carbocycles. The Morgan fingerprint density at radius 2 is 2.11 bits per heavy atom. The first-order valence-electron chi connectivity index (χ1n) is 2.96. The summed E-state index contributed by atoms with van der Waals surface area (Å²) >= 11 is 5.48. The molecule has 0 aromatic carbocycles. The van der Waals surface area contributed by atoms with Gasteiger partial charge < -0.3 is 4.98 Å². The maximum atomic E-state index is 5.48. The number of halogens is 1. The number of nitrogens with one attached hydrogen (secondary N) is 1. The molecule has 0 fully saturated rings. The lowest BCUT2D eigenvalue weighted by molar-refractivity contribution is 1.25. The van der Waals surface area contributed by atoms with Gasteiger partial charge in [-0.25, -0.2) is 4.98 Å². The summed E-state index contributed by atoms with van der Waals surface area (Å²) in [6.45, 7) is 5.87. The molecule has 0 spiro atoms. The van der Waals surface area contributed by atoms with Crippen LogP contribution in [0.4, 0.5) is 0 Å². The monoisotopic (exact) mass is 146 g/mol. The number of aryl methyl sites for hydroxylation is 1. The van der Waals surface area contributed by atoms with E-state index >= 15 is 0 Å². The summed E-state index contributed by atoms with van der Waals surface area (Å²) in [5.41, 5.74) is 0.918. The Kier molecular flexibility index (Phi) is 4.14. The van der Waals surface area contributed by atoms with E-state index in [-0.39, 0.29) is 0 Å². The Labute approximate surface area is 60.3 Å². The van der Waals surface area contributed by atoms with Crippen molar-refractivity contribution in [3.8, 4) is 0 Å². The lowest BCUT2D eigenvalue weighted by atomic mass is 10.6. The van der Waals surface area contributed by atoms with Gasteiger partial charge in [0.05, 0.1) is 12.0 Å². The molecule has 3 heteroatoms. The van der Waals surface area contributed by atoms with Crippen molar-refractivity contribution in [3.05, 3.63) is 17.2 Å². The van der Waals surface area contributed by atoms with E-state index in [0.29, 0.717) is 5.15 Å². The summed E-state index contributed by atoms with van der Waals surface area (Å²) in [6.07, 6.45) is 1.57. The summed E-state index contributed by atoms with van der Waals surface area (Å²) in [4.78, 5) is 6.55. The number of aromatic amines is 1. The summed E-state index contributed by atoms with van der Waals surface area (Å²) in [5, 5.41) is 0.556. The molecule has 0 saturated carbocycles. The van der Waals surface area contributed by atoms with Gasteiger partial charge in [-0.3, -0.25) is 0 Å². The highest BCUT2D eigenvalue weighted by atomic mass is 35.5. The second-order valence-corrected chi connectivity index (χ2v) is 1.68. The fraction of sp³-hybridized carbons (Fsp3) is 0.500. The second kappa shape index (κ2) is 4.39. The predicted octanol–water partition coefficient (Wildman–Crippen LogP) is 2.40. The minimum atomic E-state index is 0.556. The van der Waals surface area contributed by atoms with Crippen LogP contribution in [0.3, 0.4) is 0 Å². The minimum Gasteiger partial charge on any atom is -0.347 e. The van der Waals surface area contributed by atoms with Gasteiger partial charge in [-0.1, -0.05) is 25.4 Å². The third-order valence-corrected chi connectivity index (χ3v) is 1.15. The Bertz CT molecular complexity index is 143.